The van der Waals surface area contributed by atoms with Crippen LogP contribution in [0.2, 0.25) is 10.0 Å². The normalized spacial score (nSPS) is 11.0. The van der Waals surface area contributed by atoms with Crippen LogP contribution in [0.25, 0.3) is 0 Å². The molecular weight excluding hydrogens is 450 g/mol. The number of nitrogens with one attached hydrogen (secondary N) is 4. The van der Waals surface area contributed by atoms with E-state index < -0.39 is 30.3 Å². The smallest absolute Gasteiger partial charge is 0.367 e. The van der Waals surface area contributed by atoms with E-state index in [0.29, 0.717) is 16.9 Å². The summed E-state index contributed by atoms with van der Waals surface area (Å²) in [6.45, 7) is -0.195. The lowest BCUT2D eigenvalue weighted by Gasteiger charge is -2.11. The van der Waals surface area contributed by atoms with Crippen molar-refractivity contribution in [3.63, 3.8) is 0 Å². The summed E-state index contributed by atoms with van der Waals surface area (Å²) < 4.78 is 37.7. The Balaban J connectivity index is 1.62. The summed E-state index contributed by atoms with van der Waals surface area (Å²) in [5.41, 5.74) is 1.56. The summed E-state index contributed by atoms with van der Waals surface area (Å²) in [6.07, 6.45) is -3.88. The lowest BCUT2D eigenvalue weighted by Crippen LogP contribution is -2.36. The van der Waals surface area contributed by atoms with Gasteiger partial charge in [-0.15, -0.1) is 0 Å². The van der Waals surface area contributed by atoms with E-state index in [1.54, 1.807) is 24.3 Å². The highest BCUT2D eigenvalue weighted by atomic mass is 35.5. The standard InChI is InChI=1S/C17H16Cl2F3N5O3/c18-11-1-3-12(4-2-11)26-16(29)27-30-9-14(28)23-5-6-24-15-13(19)7-10(8-25-15)17(20,21)22/h1-4,7-8H,5-6,9H2,(H,23,28)(H,24,25)(H2,26,27,29). The second-order valence-corrected chi connectivity index (χ2v) is 6.52. The monoisotopic (exact) mass is 465 g/mol. The number of pyridine rings is 1. The summed E-state index contributed by atoms with van der Waals surface area (Å²) in [4.78, 5) is 31.6. The third-order valence-electron chi connectivity index (χ3n) is 3.38. The van der Waals surface area contributed by atoms with E-state index in [4.69, 9.17) is 28.0 Å². The molecule has 1 aromatic carbocycles. The third kappa shape index (κ3) is 7.93. The van der Waals surface area contributed by atoms with Crippen LogP contribution >= 0.6 is 23.2 Å². The Morgan fingerprint density at radius 3 is 2.43 bits per heavy atom. The molecule has 162 valence electrons. The Morgan fingerprint density at radius 2 is 1.80 bits per heavy atom. The van der Waals surface area contributed by atoms with Crippen LogP contribution in [-0.4, -0.2) is 36.6 Å². The van der Waals surface area contributed by atoms with Gasteiger partial charge < -0.3 is 16.0 Å². The van der Waals surface area contributed by atoms with Crippen molar-refractivity contribution in [2.45, 2.75) is 6.18 Å². The van der Waals surface area contributed by atoms with E-state index in [1.165, 1.54) is 0 Å². The van der Waals surface area contributed by atoms with E-state index in [2.05, 4.69) is 20.9 Å². The molecule has 0 spiro atoms. The van der Waals surface area contributed by atoms with E-state index in [0.717, 1.165) is 6.07 Å². The summed E-state index contributed by atoms with van der Waals surface area (Å²) in [5.74, 6) is -0.481. The molecule has 0 unspecified atom stereocenters. The van der Waals surface area contributed by atoms with E-state index >= 15 is 0 Å². The molecule has 0 radical (unpaired) electrons. The number of urea groups is 1. The van der Waals surface area contributed by atoms with Crippen molar-refractivity contribution in [1.82, 2.24) is 15.8 Å². The van der Waals surface area contributed by atoms with Crippen molar-refractivity contribution >= 4 is 46.6 Å². The molecule has 0 bridgehead atoms. The molecule has 3 amide bonds. The van der Waals surface area contributed by atoms with Crippen LogP contribution in [-0.2, 0) is 15.8 Å². The van der Waals surface area contributed by atoms with Gasteiger partial charge in [-0.25, -0.2) is 15.3 Å². The Morgan fingerprint density at radius 1 is 1.10 bits per heavy atom. The van der Waals surface area contributed by atoms with Crippen LogP contribution < -0.4 is 21.4 Å². The summed E-state index contributed by atoms with van der Waals surface area (Å²) in [5, 5.41) is 7.95. The van der Waals surface area contributed by atoms with Gasteiger partial charge in [0.2, 0.25) is 5.91 Å². The van der Waals surface area contributed by atoms with Gasteiger partial charge in [0.05, 0.1) is 10.6 Å². The first-order valence-electron chi connectivity index (χ1n) is 8.33. The fourth-order valence-electron chi connectivity index (χ4n) is 2.01. The number of hydrogen-bond acceptors (Lipinski definition) is 5. The molecule has 1 heterocycles. The number of benzene rings is 1. The molecule has 0 fully saturated rings. The minimum absolute atomic E-state index is 0.0516. The molecule has 13 heteroatoms. The van der Waals surface area contributed by atoms with Crippen LogP contribution in [0, 0.1) is 0 Å². The fraction of sp³-hybridized carbons (Fsp3) is 0.235. The van der Waals surface area contributed by atoms with Gasteiger partial charge in [-0.1, -0.05) is 23.2 Å². The highest BCUT2D eigenvalue weighted by Gasteiger charge is 2.31. The van der Waals surface area contributed by atoms with Crippen molar-refractivity contribution in [3.8, 4) is 0 Å². The first-order chi connectivity index (χ1) is 14.1. The molecule has 0 saturated carbocycles. The average molecular weight is 466 g/mol. The third-order valence-corrected chi connectivity index (χ3v) is 3.92. The Hall–Kier alpha value is -2.76. The van der Waals surface area contributed by atoms with E-state index in [-0.39, 0.29) is 23.9 Å². The van der Waals surface area contributed by atoms with Crippen molar-refractivity contribution in [1.29, 1.82) is 0 Å². The number of alkyl halides is 3. The maximum absolute atomic E-state index is 12.6. The predicted molar refractivity (Wildman–Crippen MR) is 105 cm³/mol. The number of carbonyl (C=O) groups excluding carboxylic acids is 2. The van der Waals surface area contributed by atoms with Gasteiger partial charge in [0.1, 0.15) is 5.82 Å². The highest BCUT2D eigenvalue weighted by Crippen LogP contribution is 2.32. The summed E-state index contributed by atoms with van der Waals surface area (Å²) in [7, 11) is 0. The first kappa shape index (κ1) is 23.5. The zero-order chi connectivity index (χ0) is 22.1. The van der Waals surface area contributed by atoms with Gasteiger partial charge >= 0.3 is 12.2 Å². The quantitative estimate of drug-likeness (QED) is 0.351. The summed E-state index contributed by atoms with van der Waals surface area (Å²) in [6, 6.07) is 6.41. The van der Waals surface area contributed by atoms with Crippen LogP contribution in [0.15, 0.2) is 36.5 Å². The number of anilines is 2. The second-order valence-electron chi connectivity index (χ2n) is 5.68. The number of carbonyl (C=O) groups is 2. The number of hydrogen-bond donors (Lipinski definition) is 4. The molecule has 0 aliphatic carbocycles. The second kappa shape index (κ2) is 10.9. The molecule has 8 nitrogen and oxygen atoms in total. The minimum Gasteiger partial charge on any atom is -0.367 e. The SMILES string of the molecule is O=C(CONC(=O)Nc1ccc(Cl)cc1)NCCNc1ncc(C(F)(F)F)cc1Cl. The molecular formula is C17H16Cl2F3N5O3. The van der Waals surface area contributed by atoms with Gasteiger partial charge in [0.15, 0.2) is 6.61 Å². The van der Waals surface area contributed by atoms with Gasteiger partial charge in [-0.3, -0.25) is 9.63 Å². The Labute approximate surface area is 179 Å². The fourth-order valence-corrected chi connectivity index (χ4v) is 2.37. The van der Waals surface area contributed by atoms with Crippen molar-refractivity contribution in [3.05, 3.63) is 52.1 Å². The Kier molecular flexibility index (Phi) is 8.51. The number of rotatable bonds is 8. The van der Waals surface area contributed by atoms with Crippen LogP contribution in [0.1, 0.15) is 5.56 Å². The Bertz CT molecular complexity index is 882. The molecule has 0 aliphatic heterocycles. The lowest BCUT2D eigenvalue weighted by molar-refractivity contribution is -0.137. The van der Waals surface area contributed by atoms with E-state index in [9.17, 15) is 22.8 Å². The molecule has 1 aromatic heterocycles. The average Bonchev–Trinajstić information content (AvgIpc) is 2.67. The van der Waals surface area contributed by atoms with Gasteiger partial charge in [0.25, 0.3) is 0 Å². The molecule has 0 aliphatic rings. The maximum atomic E-state index is 12.6. The highest BCUT2D eigenvalue weighted by molar-refractivity contribution is 6.33. The number of hydroxylamine groups is 1. The topological polar surface area (TPSA) is 104 Å². The zero-order valence-corrected chi connectivity index (χ0v) is 16.7. The number of halogens is 5. The van der Waals surface area contributed by atoms with Crippen molar-refractivity contribution in [2.75, 3.05) is 30.3 Å². The van der Waals surface area contributed by atoms with Crippen LogP contribution in [0.3, 0.4) is 0 Å². The van der Waals surface area contributed by atoms with Gasteiger partial charge in [-0.05, 0) is 30.3 Å². The van der Waals surface area contributed by atoms with Gasteiger partial charge in [0, 0.05) is 30.0 Å². The molecule has 30 heavy (non-hydrogen) atoms. The number of nitrogens with zero attached hydrogens (tertiary/aromatic N) is 1. The lowest BCUT2D eigenvalue weighted by atomic mass is 10.3. The minimum atomic E-state index is -4.54. The number of aromatic nitrogens is 1. The zero-order valence-electron chi connectivity index (χ0n) is 15.1. The van der Waals surface area contributed by atoms with E-state index in [1.807, 2.05) is 5.48 Å². The van der Waals surface area contributed by atoms with Crippen molar-refractivity contribution in [2.24, 2.45) is 0 Å². The first-order valence-corrected chi connectivity index (χ1v) is 9.08. The molecule has 0 saturated heterocycles. The number of amides is 3. The largest absolute Gasteiger partial charge is 0.417 e. The molecule has 4 N–H and O–H groups in total. The van der Waals surface area contributed by atoms with Crippen LogP contribution in [0.5, 0.6) is 0 Å². The predicted octanol–water partition coefficient (Wildman–Crippen LogP) is 3.69. The van der Waals surface area contributed by atoms with Crippen molar-refractivity contribution < 1.29 is 27.6 Å². The molecule has 2 aromatic rings. The van der Waals surface area contributed by atoms with Crippen LogP contribution in [0.4, 0.5) is 29.5 Å². The molecule has 2 rings (SSSR count). The maximum Gasteiger partial charge on any atom is 0.417 e. The molecule has 0 atom stereocenters. The van der Waals surface area contributed by atoms with Gasteiger partial charge in [-0.2, -0.15) is 13.2 Å². The summed E-state index contributed by atoms with van der Waals surface area (Å²) >= 11 is 11.5.